The summed E-state index contributed by atoms with van der Waals surface area (Å²) in [5.74, 6) is 0.870. The van der Waals surface area contributed by atoms with E-state index in [4.69, 9.17) is 4.42 Å². The van der Waals surface area contributed by atoms with Crippen LogP contribution >= 0.6 is 11.8 Å². The molecule has 2 heterocycles. The maximum absolute atomic E-state index is 6.26. The molecular formula is C27H27N2OS+. The Morgan fingerprint density at radius 3 is 2.68 bits per heavy atom. The molecule has 0 radical (unpaired) electrons. The van der Waals surface area contributed by atoms with Crippen LogP contribution in [0.4, 0.5) is 5.69 Å². The summed E-state index contributed by atoms with van der Waals surface area (Å²) in [5, 5.41) is 3.69. The van der Waals surface area contributed by atoms with Gasteiger partial charge in [-0.05, 0) is 72.7 Å². The van der Waals surface area contributed by atoms with Gasteiger partial charge in [0, 0.05) is 11.9 Å². The second-order valence-electron chi connectivity index (χ2n) is 8.25. The summed E-state index contributed by atoms with van der Waals surface area (Å²) >= 11 is 1.84. The number of oxazole rings is 1. The van der Waals surface area contributed by atoms with Crippen LogP contribution in [0.25, 0.3) is 27.9 Å². The zero-order chi connectivity index (χ0) is 21.7. The number of allylic oxidation sites excluding steroid dienone is 2. The molecule has 0 fully saturated rings. The normalized spacial score (nSPS) is 15.5. The Bertz CT molecular complexity index is 1390. The van der Waals surface area contributed by atoms with E-state index in [1.807, 2.05) is 11.8 Å². The van der Waals surface area contributed by atoms with E-state index in [-0.39, 0.29) is 0 Å². The highest BCUT2D eigenvalue weighted by Crippen LogP contribution is 2.46. The predicted molar refractivity (Wildman–Crippen MR) is 131 cm³/mol. The fraction of sp³-hybridized carbons (Fsp3) is 0.222. The monoisotopic (exact) mass is 427 g/mol. The molecular weight excluding hydrogens is 400 g/mol. The van der Waals surface area contributed by atoms with E-state index >= 15 is 0 Å². The first-order valence-electron chi connectivity index (χ1n) is 10.7. The third-order valence-corrected chi connectivity index (χ3v) is 7.40. The van der Waals surface area contributed by atoms with Crippen molar-refractivity contribution in [3.05, 3.63) is 82.2 Å². The van der Waals surface area contributed by atoms with Crippen molar-refractivity contribution < 1.29 is 8.98 Å². The van der Waals surface area contributed by atoms with Crippen LogP contribution in [0.3, 0.4) is 0 Å². The third-order valence-electron chi connectivity index (χ3n) is 6.25. The Kier molecular flexibility index (Phi) is 4.90. The summed E-state index contributed by atoms with van der Waals surface area (Å²) < 4.78 is 8.43. The largest absolute Gasteiger partial charge is 0.398 e. The summed E-state index contributed by atoms with van der Waals surface area (Å²) in [6.45, 7) is 6.56. The minimum Gasteiger partial charge on any atom is -0.398 e. The van der Waals surface area contributed by atoms with Crippen molar-refractivity contribution in [2.24, 2.45) is 7.05 Å². The second kappa shape index (κ2) is 7.61. The molecule has 31 heavy (non-hydrogen) atoms. The van der Waals surface area contributed by atoms with E-state index in [0.29, 0.717) is 0 Å². The third kappa shape index (κ3) is 3.35. The predicted octanol–water partition coefficient (Wildman–Crippen LogP) is 6.90. The summed E-state index contributed by atoms with van der Waals surface area (Å²) in [6.07, 6.45) is 5.40. The molecule has 5 rings (SSSR count). The molecule has 0 aliphatic carbocycles. The number of hydrogen-bond donors (Lipinski definition) is 0. The van der Waals surface area contributed by atoms with Gasteiger partial charge in [-0.15, -0.1) is 0 Å². The zero-order valence-electron chi connectivity index (χ0n) is 18.7. The summed E-state index contributed by atoms with van der Waals surface area (Å²) in [7, 11) is 4.24. The first kappa shape index (κ1) is 20.0. The highest BCUT2D eigenvalue weighted by Gasteiger charge is 2.24. The van der Waals surface area contributed by atoms with Gasteiger partial charge in [-0.25, -0.2) is 0 Å². The van der Waals surface area contributed by atoms with Crippen LogP contribution in [0, 0.1) is 13.8 Å². The van der Waals surface area contributed by atoms with Crippen molar-refractivity contribution in [3.8, 4) is 0 Å². The second-order valence-corrected chi connectivity index (χ2v) is 9.32. The number of anilines is 1. The summed E-state index contributed by atoms with van der Waals surface area (Å²) in [5.41, 5.74) is 7.26. The van der Waals surface area contributed by atoms with Crippen molar-refractivity contribution in [1.29, 1.82) is 0 Å². The van der Waals surface area contributed by atoms with E-state index in [2.05, 4.69) is 105 Å². The summed E-state index contributed by atoms with van der Waals surface area (Å²) in [6, 6.07) is 17.3. The summed E-state index contributed by atoms with van der Waals surface area (Å²) in [4.78, 5) is 3.62. The van der Waals surface area contributed by atoms with Gasteiger partial charge >= 0.3 is 5.89 Å². The van der Waals surface area contributed by atoms with Crippen molar-refractivity contribution in [3.63, 3.8) is 0 Å². The minimum atomic E-state index is 0.870. The average Bonchev–Trinajstić information content (AvgIpc) is 3.24. The van der Waals surface area contributed by atoms with Gasteiger partial charge in [0.2, 0.25) is 5.58 Å². The molecule has 0 saturated heterocycles. The van der Waals surface area contributed by atoms with Crippen LogP contribution in [0.2, 0.25) is 0 Å². The fourth-order valence-electron chi connectivity index (χ4n) is 4.19. The minimum absolute atomic E-state index is 0.870. The van der Waals surface area contributed by atoms with Crippen LogP contribution in [-0.2, 0) is 7.05 Å². The lowest BCUT2D eigenvalue weighted by atomic mass is 10.1. The van der Waals surface area contributed by atoms with E-state index in [1.165, 1.54) is 43.1 Å². The number of aryl methyl sites for hydroxylation is 3. The number of hydrogen-bond acceptors (Lipinski definition) is 3. The lowest BCUT2D eigenvalue weighted by molar-refractivity contribution is -0.651. The van der Waals surface area contributed by atoms with E-state index in [9.17, 15) is 0 Å². The Labute approximate surface area is 187 Å². The van der Waals surface area contributed by atoms with E-state index < -0.39 is 0 Å². The lowest BCUT2D eigenvalue weighted by Crippen LogP contribution is -2.29. The molecule has 0 unspecified atom stereocenters. The van der Waals surface area contributed by atoms with Crippen molar-refractivity contribution >= 4 is 45.4 Å². The van der Waals surface area contributed by atoms with Gasteiger partial charge in [-0.3, -0.25) is 0 Å². The SMILES string of the molecule is CCC(=Cc1oc2ccc3ccccc3c2[n+]1C)C=C1Sc2cc(C)c(C)cc2N1C. The van der Waals surface area contributed by atoms with Crippen LogP contribution in [0.15, 0.2) is 74.5 Å². The molecule has 156 valence electrons. The smallest absolute Gasteiger partial charge is 0.374 e. The zero-order valence-corrected chi connectivity index (χ0v) is 19.5. The van der Waals surface area contributed by atoms with Crippen molar-refractivity contribution in [2.75, 3.05) is 11.9 Å². The van der Waals surface area contributed by atoms with Crippen LogP contribution in [-0.4, -0.2) is 7.05 Å². The molecule has 1 aliphatic rings. The van der Waals surface area contributed by atoms with Gasteiger partial charge < -0.3 is 9.32 Å². The molecule has 0 atom stereocenters. The number of nitrogens with zero attached hydrogens (tertiary/aromatic N) is 2. The Balaban J connectivity index is 1.56. The van der Waals surface area contributed by atoms with Crippen LogP contribution in [0.1, 0.15) is 30.4 Å². The number of thioether (sulfide) groups is 1. The van der Waals surface area contributed by atoms with Gasteiger partial charge in [0.15, 0.2) is 0 Å². The van der Waals surface area contributed by atoms with Gasteiger partial charge in [0.1, 0.15) is 7.05 Å². The molecule has 4 heteroatoms. The standard InChI is InChI=1S/C27H27N2OS/c1-6-19(16-26-28(4)22-13-17(2)18(3)14-24(22)31-26)15-25-29(5)27-21-10-8-7-9-20(21)11-12-23(27)30-25/h7-16H,6H2,1-5H3/q+1. The number of rotatable bonds is 3. The van der Waals surface area contributed by atoms with Gasteiger partial charge in [0.05, 0.1) is 22.2 Å². The Morgan fingerprint density at radius 2 is 1.87 bits per heavy atom. The maximum atomic E-state index is 6.26. The fourth-order valence-corrected chi connectivity index (χ4v) is 5.40. The van der Waals surface area contributed by atoms with Crippen LogP contribution in [0.5, 0.6) is 0 Å². The maximum Gasteiger partial charge on any atom is 0.374 e. The van der Waals surface area contributed by atoms with Crippen molar-refractivity contribution in [1.82, 2.24) is 0 Å². The first-order chi connectivity index (χ1) is 15.0. The molecule has 0 spiro atoms. The lowest BCUT2D eigenvalue weighted by Gasteiger charge is -2.14. The van der Waals surface area contributed by atoms with Crippen LogP contribution < -0.4 is 9.47 Å². The Hall–Kier alpha value is -2.98. The number of fused-ring (bicyclic) bond motifs is 4. The van der Waals surface area contributed by atoms with Gasteiger partial charge in [-0.2, -0.15) is 4.57 Å². The molecule has 4 aromatic rings. The van der Waals surface area contributed by atoms with Gasteiger partial charge in [-0.1, -0.05) is 43.0 Å². The first-order valence-corrected chi connectivity index (χ1v) is 11.5. The molecule has 1 aromatic heterocycles. The quantitative estimate of drug-likeness (QED) is 0.332. The van der Waals surface area contributed by atoms with E-state index in [1.54, 1.807) is 0 Å². The molecule has 1 aliphatic heterocycles. The number of benzene rings is 3. The molecule has 0 amide bonds. The molecule has 0 bridgehead atoms. The average molecular weight is 428 g/mol. The molecule has 3 aromatic carbocycles. The van der Waals surface area contributed by atoms with E-state index in [0.717, 1.165) is 23.4 Å². The van der Waals surface area contributed by atoms with Crippen molar-refractivity contribution in [2.45, 2.75) is 32.1 Å². The number of aromatic nitrogens is 1. The highest BCUT2D eigenvalue weighted by atomic mass is 32.2. The molecule has 0 saturated carbocycles. The van der Waals surface area contributed by atoms with Gasteiger partial charge in [0.25, 0.3) is 5.52 Å². The molecule has 0 N–H and O–H groups in total. The Morgan fingerprint density at radius 1 is 1.10 bits per heavy atom. The molecule has 3 nitrogen and oxygen atoms in total. The highest BCUT2D eigenvalue weighted by molar-refractivity contribution is 8.03. The topological polar surface area (TPSA) is 20.3 Å².